The van der Waals surface area contributed by atoms with Gasteiger partial charge in [0.15, 0.2) is 5.82 Å². The van der Waals surface area contributed by atoms with E-state index in [0.717, 1.165) is 6.42 Å². The number of rotatable bonds is 7. The van der Waals surface area contributed by atoms with Gasteiger partial charge in [-0.2, -0.15) is 4.98 Å². The normalized spacial score (nSPS) is 10.7. The molecule has 0 saturated carbocycles. The summed E-state index contributed by atoms with van der Waals surface area (Å²) < 4.78 is 21.4. The number of anilines is 1. The minimum Gasteiger partial charge on any atom is -0.463 e. The van der Waals surface area contributed by atoms with Gasteiger partial charge < -0.3 is 10.1 Å². The summed E-state index contributed by atoms with van der Waals surface area (Å²) in [5.41, 5.74) is 3.38. The van der Waals surface area contributed by atoms with E-state index >= 15 is 0 Å². The molecule has 0 saturated heterocycles. The standard InChI is InChI=1S/C25H23FN4O2/c1-3-17-9-11-18(12-10-17)24(31)27-19-13-15-20(16-14-19)30-23(28-25(29-30)32-4-2)21-7-5-6-8-22(21)26/h5-16H,3-4H2,1-2H3,(H,27,31). The van der Waals surface area contributed by atoms with Gasteiger partial charge in [-0.15, -0.1) is 5.10 Å². The molecule has 1 N–H and O–H groups in total. The van der Waals surface area contributed by atoms with Gasteiger partial charge in [-0.05, 0) is 67.4 Å². The molecule has 0 aliphatic heterocycles. The molecule has 7 heteroatoms. The highest BCUT2D eigenvalue weighted by molar-refractivity contribution is 6.04. The second kappa shape index (κ2) is 9.43. The molecule has 1 aromatic heterocycles. The molecule has 6 nitrogen and oxygen atoms in total. The Balaban J connectivity index is 1.59. The molecule has 0 aliphatic carbocycles. The van der Waals surface area contributed by atoms with Gasteiger partial charge in [0, 0.05) is 11.3 Å². The minimum absolute atomic E-state index is 0.165. The molecule has 1 heterocycles. The van der Waals surface area contributed by atoms with Crippen LogP contribution in [0, 0.1) is 5.82 Å². The SMILES string of the molecule is CCOc1nc(-c2ccccc2F)n(-c2ccc(NC(=O)c3ccc(CC)cc3)cc2)n1. The number of nitrogens with zero attached hydrogens (tertiary/aromatic N) is 3. The Labute approximate surface area is 185 Å². The van der Waals surface area contributed by atoms with E-state index in [2.05, 4.69) is 22.3 Å². The first-order valence-corrected chi connectivity index (χ1v) is 10.4. The molecule has 0 fully saturated rings. The number of carbonyl (C=O) groups excluding carboxylic acids is 1. The Kier molecular flexibility index (Phi) is 6.26. The first-order valence-electron chi connectivity index (χ1n) is 10.4. The quantitative estimate of drug-likeness (QED) is 0.433. The summed E-state index contributed by atoms with van der Waals surface area (Å²) in [4.78, 5) is 16.9. The summed E-state index contributed by atoms with van der Waals surface area (Å²) in [6, 6.07) is 21.2. The van der Waals surface area contributed by atoms with Gasteiger partial charge in [0.2, 0.25) is 0 Å². The molecule has 1 amide bonds. The van der Waals surface area contributed by atoms with E-state index in [1.54, 1.807) is 42.5 Å². The monoisotopic (exact) mass is 430 g/mol. The summed E-state index contributed by atoms with van der Waals surface area (Å²) in [7, 11) is 0. The van der Waals surface area contributed by atoms with Crippen molar-refractivity contribution in [1.29, 1.82) is 0 Å². The highest BCUT2D eigenvalue weighted by Crippen LogP contribution is 2.26. The lowest BCUT2D eigenvalue weighted by Gasteiger charge is -2.09. The van der Waals surface area contributed by atoms with Crippen molar-refractivity contribution in [3.8, 4) is 23.1 Å². The first kappa shape index (κ1) is 21.2. The first-order chi connectivity index (χ1) is 15.6. The minimum atomic E-state index is -0.401. The van der Waals surface area contributed by atoms with Gasteiger partial charge in [0.05, 0.1) is 17.9 Å². The molecule has 32 heavy (non-hydrogen) atoms. The average Bonchev–Trinajstić information content (AvgIpc) is 3.24. The molecule has 0 aliphatic rings. The molecule has 3 aromatic carbocycles. The lowest BCUT2D eigenvalue weighted by molar-refractivity contribution is 0.102. The van der Waals surface area contributed by atoms with Crippen LogP contribution >= 0.6 is 0 Å². The van der Waals surface area contributed by atoms with Crippen LogP contribution < -0.4 is 10.1 Å². The van der Waals surface area contributed by atoms with E-state index in [1.165, 1.54) is 16.3 Å². The number of benzene rings is 3. The van der Waals surface area contributed by atoms with Gasteiger partial charge in [0.1, 0.15) is 5.82 Å². The molecule has 0 spiro atoms. The summed E-state index contributed by atoms with van der Waals surface area (Å²) in [5.74, 6) is -0.256. The number of amides is 1. The van der Waals surface area contributed by atoms with Crippen LogP contribution in [-0.4, -0.2) is 27.3 Å². The predicted octanol–water partition coefficient (Wildman–Crippen LogP) is 5.29. The van der Waals surface area contributed by atoms with E-state index in [9.17, 15) is 9.18 Å². The Morgan fingerprint density at radius 2 is 1.72 bits per heavy atom. The van der Waals surface area contributed by atoms with Crippen LogP contribution in [-0.2, 0) is 6.42 Å². The van der Waals surface area contributed by atoms with Crippen molar-refractivity contribution in [2.45, 2.75) is 20.3 Å². The molecule has 4 rings (SSSR count). The van der Waals surface area contributed by atoms with E-state index < -0.39 is 5.82 Å². The molecule has 0 radical (unpaired) electrons. The Hall–Kier alpha value is -4.00. The number of aryl methyl sites for hydroxylation is 1. The van der Waals surface area contributed by atoms with Crippen molar-refractivity contribution >= 4 is 11.6 Å². The van der Waals surface area contributed by atoms with E-state index in [-0.39, 0.29) is 11.9 Å². The van der Waals surface area contributed by atoms with E-state index in [4.69, 9.17) is 4.74 Å². The third-order valence-corrected chi connectivity index (χ3v) is 4.97. The fraction of sp³-hybridized carbons (Fsp3) is 0.160. The molecule has 0 bridgehead atoms. The largest absolute Gasteiger partial charge is 0.463 e. The zero-order valence-electron chi connectivity index (χ0n) is 17.9. The smallest absolute Gasteiger partial charge is 0.336 e. The van der Waals surface area contributed by atoms with Gasteiger partial charge in [-0.3, -0.25) is 4.79 Å². The van der Waals surface area contributed by atoms with Crippen LogP contribution in [0.3, 0.4) is 0 Å². The van der Waals surface area contributed by atoms with Crippen LogP contribution in [0.1, 0.15) is 29.8 Å². The lowest BCUT2D eigenvalue weighted by atomic mass is 10.1. The number of hydrogen-bond acceptors (Lipinski definition) is 4. The fourth-order valence-corrected chi connectivity index (χ4v) is 3.26. The summed E-state index contributed by atoms with van der Waals surface area (Å²) in [6.45, 7) is 4.29. The molecule has 0 unspecified atom stereocenters. The second-order valence-corrected chi connectivity index (χ2v) is 7.09. The summed E-state index contributed by atoms with van der Waals surface area (Å²) in [6.07, 6.45) is 0.922. The summed E-state index contributed by atoms with van der Waals surface area (Å²) >= 11 is 0. The molecular weight excluding hydrogens is 407 g/mol. The van der Waals surface area contributed by atoms with Crippen LogP contribution in [0.4, 0.5) is 10.1 Å². The van der Waals surface area contributed by atoms with Gasteiger partial charge >= 0.3 is 6.01 Å². The van der Waals surface area contributed by atoms with Gasteiger partial charge in [-0.25, -0.2) is 9.07 Å². The Bertz CT molecular complexity index is 1220. The van der Waals surface area contributed by atoms with Crippen molar-refractivity contribution in [3.05, 3.63) is 89.7 Å². The maximum atomic E-state index is 14.4. The highest BCUT2D eigenvalue weighted by atomic mass is 19.1. The lowest BCUT2D eigenvalue weighted by Crippen LogP contribution is -2.12. The number of nitrogens with one attached hydrogen (secondary N) is 1. The van der Waals surface area contributed by atoms with Crippen LogP contribution in [0.15, 0.2) is 72.8 Å². The predicted molar refractivity (Wildman–Crippen MR) is 122 cm³/mol. The van der Waals surface area contributed by atoms with Crippen molar-refractivity contribution in [2.75, 3.05) is 11.9 Å². The molecule has 0 atom stereocenters. The highest BCUT2D eigenvalue weighted by Gasteiger charge is 2.17. The Morgan fingerprint density at radius 3 is 2.38 bits per heavy atom. The molecular formula is C25H23FN4O2. The maximum Gasteiger partial charge on any atom is 0.336 e. The third kappa shape index (κ3) is 4.51. The van der Waals surface area contributed by atoms with Crippen molar-refractivity contribution < 1.29 is 13.9 Å². The van der Waals surface area contributed by atoms with Gasteiger partial charge in [-0.1, -0.05) is 31.2 Å². The fourth-order valence-electron chi connectivity index (χ4n) is 3.26. The third-order valence-electron chi connectivity index (χ3n) is 4.97. The van der Waals surface area contributed by atoms with Crippen molar-refractivity contribution in [3.63, 3.8) is 0 Å². The second-order valence-electron chi connectivity index (χ2n) is 7.09. The summed E-state index contributed by atoms with van der Waals surface area (Å²) in [5, 5.41) is 7.26. The number of halogens is 1. The number of hydrogen-bond donors (Lipinski definition) is 1. The number of carbonyl (C=O) groups is 1. The average molecular weight is 430 g/mol. The van der Waals surface area contributed by atoms with E-state index in [1.807, 2.05) is 31.2 Å². The van der Waals surface area contributed by atoms with Crippen LogP contribution in [0.25, 0.3) is 17.1 Å². The zero-order valence-corrected chi connectivity index (χ0v) is 17.9. The zero-order chi connectivity index (χ0) is 22.5. The molecule has 4 aromatic rings. The topological polar surface area (TPSA) is 69.0 Å². The Morgan fingerprint density at radius 1 is 1.00 bits per heavy atom. The van der Waals surface area contributed by atoms with Crippen LogP contribution in [0.5, 0.6) is 6.01 Å². The van der Waals surface area contributed by atoms with Gasteiger partial charge in [0.25, 0.3) is 5.91 Å². The maximum absolute atomic E-state index is 14.4. The van der Waals surface area contributed by atoms with Crippen LogP contribution in [0.2, 0.25) is 0 Å². The molecule has 162 valence electrons. The van der Waals surface area contributed by atoms with Crippen molar-refractivity contribution in [1.82, 2.24) is 14.8 Å². The van der Waals surface area contributed by atoms with E-state index in [0.29, 0.717) is 34.9 Å². The number of aromatic nitrogens is 3. The number of ether oxygens (including phenoxy) is 1. The van der Waals surface area contributed by atoms with Crippen molar-refractivity contribution in [2.24, 2.45) is 0 Å².